The van der Waals surface area contributed by atoms with Crippen molar-refractivity contribution in [2.75, 3.05) is 20.1 Å². The zero-order chi connectivity index (χ0) is 16.5. The van der Waals surface area contributed by atoms with Crippen molar-refractivity contribution in [1.82, 2.24) is 19.4 Å². The largest absolute Gasteiger partial charge is 0.408 e. The Bertz CT molecular complexity index is 616. The number of aromatic nitrogens is 2. The highest BCUT2D eigenvalue weighted by atomic mass is 32.2. The summed E-state index contributed by atoms with van der Waals surface area (Å²) in [5.41, 5.74) is 0. The molecule has 2 atom stereocenters. The van der Waals surface area contributed by atoms with Crippen LogP contribution in [-0.2, 0) is 16.6 Å². The lowest BCUT2D eigenvalue weighted by Crippen LogP contribution is -2.38. The van der Waals surface area contributed by atoms with E-state index in [-0.39, 0.29) is 17.5 Å². The molecular formula is C11H17F3N4O3S. The number of sulfonamides is 1. The van der Waals surface area contributed by atoms with E-state index in [1.165, 1.54) is 7.05 Å². The number of nitrogens with one attached hydrogen (secondary N) is 1. The second-order valence-electron chi connectivity index (χ2n) is 5.27. The molecule has 0 aliphatic carbocycles. The minimum absolute atomic E-state index is 0.115. The molecule has 22 heavy (non-hydrogen) atoms. The third kappa shape index (κ3) is 4.18. The number of nitrogens with zero attached hydrogens (tertiary/aromatic N) is 3. The molecule has 2 N–H and O–H groups in total. The van der Waals surface area contributed by atoms with E-state index in [1.54, 1.807) is 0 Å². The van der Waals surface area contributed by atoms with E-state index >= 15 is 0 Å². The predicted octanol–water partition coefficient (Wildman–Crippen LogP) is -0.211. The van der Waals surface area contributed by atoms with Crippen LogP contribution in [0.2, 0.25) is 0 Å². The Labute approximate surface area is 125 Å². The Kier molecular flexibility index (Phi) is 4.80. The molecule has 2 rings (SSSR count). The molecule has 1 fully saturated rings. The highest BCUT2D eigenvalue weighted by Gasteiger charge is 2.31. The van der Waals surface area contributed by atoms with Crippen molar-refractivity contribution in [3.8, 4) is 0 Å². The summed E-state index contributed by atoms with van der Waals surface area (Å²) >= 11 is 0. The van der Waals surface area contributed by atoms with E-state index in [1.807, 2.05) is 0 Å². The predicted molar refractivity (Wildman–Crippen MR) is 70.5 cm³/mol. The Hall–Kier alpha value is -1.17. The quantitative estimate of drug-likeness (QED) is 0.773. The first kappa shape index (κ1) is 17.2. The van der Waals surface area contributed by atoms with Gasteiger partial charge in [-0.3, -0.25) is 4.68 Å². The van der Waals surface area contributed by atoms with Gasteiger partial charge in [0.05, 0.1) is 12.3 Å². The zero-order valence-electron chi connectivity index (χ0n) is 11.8. The zero-order valence-corrected chi connectivity index (χ0v) is 12.6. The molecule has 1 aliphatic heterocycles. The topological polar surface area (TPSA) is 87.5 Å². The summed E-state index contributed by atoms with van der Waals surface area (Å²) in [6, 6.07) is -0.194. The van der Waals surface area contributed by atoms with Crippen LogP contribution in [0.25, 0.3) is 0 Å². The number of hydrogen-bond acceptors (Lipinski definition) is 5. The third-order valence-electron chi connectivity index (χ3n) is 3.34. The molecule has 1 aliphatic rings. The maximum absolute atomic E-state index is 12.3. The summed E-state index contributed by atoms with van der Waals surface area (Å²) in [6.07, 6.45) is -2.81. The van der Waals surface area contributed by atoms with Crippen molar-refractivity contribution >= 4 is 10.0 Å². The number of aliphatic hydroxyl groups is 1. The fourth-order valence-corrected chi connectivity index (χ4v) is 3.44. The van der Waals surface area contributed by atoms with Gasteiger partial charge in [0.15, 0.2) is 0 Å². The molecule has 0 unspecified atom stereocenters. The average Bonchev–Trinajstić information content (AvgIpc) is 2.97. The van der Waals surface area contributed by atoms with Gasteiger partial charge in [-0.2, -0.15) is 22.6 Å². The van der Waals surface area contributed by atoms with Crippen LogP contribution in [-0.4, -0.2) is 66.1 Å². The molecule has 1 aromatic rings. The molecule has 0 saturated carbocycles. The lowest BCUT2D eigenvalue weighted by molar-refractivity contribution is -0.142. The summed E-state index contributed by atoms with van der Waals surface area (Å²) in [7, 11) is -2.58. The summed E-state index contributed by atoms with van der Waals surface area (Å²) in [5.74, 6) is 0. The van der Waals surface area contributed by atoms with Crippen LogP contribution >= 0.6 is 0 Å². The lowest BCUT2D eigenvalue weighted by atomic mass is 10.2. The monoisotopic (exact) mass is 342 g/mol. The normalized spacial score (nSPS) is 23.4. The minimum Gasteiger partial charge on any atom is -0.392 e. The minimum atomic E-state index is -4.47. The maximum atomic E-state index is 12.3. The number of alkyl halides is 3. The SMILES string of the molecule is CN(C[C@@H]1C[C@@H](O)CN1)S(=O)(=O)c1cnn(CC(F)(F)F)c1. The van der Waals surface area contributed by atoms with Crippen LogP contribution in [0, 0.1) is 0 Å². The lowest BCUT2D eigenvalue weighted by Gasteiger charge is -2.20. The van der Waals surface area contributed by atoms with Gasteiger partial charge in [-0.05, 0) is 6.42 Å². The van der Waals surface area contributed by atoms with Gasteiger partial charge < -0.3 is 10.4 Å². The highest BCUT2D eigenvalue weighted by molar-refractivity contribution is 7.89. The molecule has 0 amide bonds. The van der Waals surface area contributed by atoms with Crippen molar-refractivity contribution in [2.45, 2.75) is 36.2 Å². The molecular weight excluding hydrogens is 325 g/mol. The van der Waals surface area contributed by atoms with E-state index in [2.05, 4.69) is 10.4 Å². The molecule has 0 spiro atoms. The summed E-state index contributed by atoms with van der Waals surface area (Å²) in [4.78, 5) is -0.294. The van der Waals surface area contributed by atoms with Gasteiger partial charge >= 0.3 is 6.18 Å². The second-order valence-corrected chi connectivity index (χ2v) is 7.31. The Morgan fingerprint density at radius 1 is 1.55 bits per heavy atom. The Morgan fingerprint density at radius 2 is 2.23 bits per heavy atom. The van der Waals surface area contributed by atoms with Crippen LogP contribution < -0.4 is 5.32 Å². The molecule has 0 radical (unpaired) electrons. The second kappa shape index (κ2) is 6.14. The smallest absolute Gasteiger partial charge is 0.392 e. The van der Waals surface area contributed by atoms with Crippen LogP contribution in [0.4, 0.5) is 13.2 Å². The Morgan fingerprint density at radius 3 is 2.77 bits per heavy atom. The molecule has 0 bridgehead atoms. The number of rotatable bonds is 5. The van der Waals surface area contributed by atoms with E-state index in [0.29, 0.717) is 17.6 Å². The molecule has 7 nitrogen and oxygen atoms in total. The number of β-amino-alcohol motifs (C(OH)–C–C–N with tert-alkyl or cyclic N) is 1. The maximum Gasteiger partial charge on any atom is 0.408 e. The van der Waals surface area contributed by atoms with Crippen molar-refractivity contribution in [2.24, 2.45) is 0 Å². The summed E-state index contributed by atoms with van der Waals surface area (Å²) < 4.78 is 62.9. The van der Waals surface area contributed by atoms with Crippen LogP contribution in [0.1, 0.15) is 6.42 Å². The fraction of sp³-hybridized carbons (Fsp3) is 0.727. The van der Waals surface area contributed by atoms with Crippen LogP contribution in [0.3, 0.4) is 0 Å². The first-order valence-corrected chi connectivity index (χ1v) is 7.99. The third-order valence-corrected chi connectivity index (χ3v) is 5.11. The molecule has 126 valence electrons. The first-order valence-electron chi connectivity index (χ1n) is 6.55. The number of halogens is 3. The van der Waals surface area contributed by atoms with Gasteiger partial charge in [-0.1, -0.05) is 0 Å². The van der Waals surface area contributed by atoms with Gasteiger partial charge in [-0.15, -0.1) is 0 Å². The van der Waals surface area contributed by atoms with E-state index < -0.39 is 28.8 Å². The van der Waals surface area contributed by atoms with Gasteiger partial charge in [-0.25, -0.2) is 8.42 Å². The van der Waals surface area contributed by atoms with Gasteiger partial charge in [0.1, 0.15) is 11.4 Å². The number of hydrogen-bond donors (Lipinski definition) is 2. The van der Waals surface area contributed by atoms with Gasteiger partial charge in [0.25, 0.3) is 0 Å². The molecule has 0 aromatic carbocycles. The first-order chi connectivity index (χ1) is 10.1. The van der Waals surface area contributed by atoms with E-state index in [4.69, 9.17) is 0 Å². The number of likely N-dealkylation sites (N-methyl/N-ethyl adjacent to an activating group) is 1. The van der Waals surface area contributed by atoms with Crippen molar-refractivity contribution < 1.29 is 26.7 Å². The van der Waals surface area contributed by atoms with Gasteiger partial charge in [0, 0.05) is 32.4 Å². The highest BCUT2D eigenvalue weighted by Crippen LogP contribution is 2.20. The molecule has 1 saturated heterocycles. The van der Waals surface area contributed by atoms with Crippen molar-refractivity contribution in [3.63, 3.8) is 0 Å². The standard InChI is InChI=1S/C11H17F3N4O3S/c1-17(5-8-2-9(19)3-15-8)22(20,21)10-4-16-18(6-10)7-11(12,13)14/h4,6,8-9,15,19H,2-3,5,7H2,1H3/t8-,9+/m0/s1. The van der Waals surface area contributed by atoms with E-state index in [0.717, 1.165) is 16.7 Å². The van der Waals surface area contributed by atoms with Crippen LogP contribution in [0.15, 0.2) is 17.3 Å². The summed E-state index contributed by atoms with van der Waals surface area (Å²) in [6.45, 7) is -0.839. The molecule has 2 heterocycles. The van der Waals surface area contributed by atoms with E-state index in [9.17, 15) is 26.7 Å². The fourth-order valence-electron chi connectivity index (χ4n) is 2.27. The average molecular weight is 342 g/mol. The van der Waals surface area contributed by atoms with Gasteiger partial charge in [0.2, 0.25) is 10.0 Å². The van der Waals surface area contributed by atoms with Crippen molar-refractivity contribution in [3.05, 3.63) is 12.4 Å². The summed E-state index contributed by atoms with van der Waals surface area (Å²) in [5, 5.41) is 15.8. The molecule has 11 heteroatoms. The number of aliphatic hydroxyl groups excluding tert-OH is 1. The Balaban J connectivity index is 2.06. The van der Waals surface area contributed by atoms with Crippen molar-refractivity contribution in [1.29, 1.82) is 0 Å². The van der Waals surface area contributed by atoms with Crippen LogP contribution in [0.5, 0.6) is 0 Å². The molecule has 1 aromatic heterocycles.